The highest BCUT2D eigenvalue weighted by molar-refractivity contribution is 6.36. The smallest absolute Gasteiger partial charge is 0.375 e. The Morgan fingerprint density at radius 2 is 1.95 bits per heavy atom. The molecule has 1 aliphatic rings. The van der Waals surface area contributed by atoms with Gasteiger partial charge in [0.1, 0.15) is 5.60 Å². The third kappa shape index (κ3) is 2.31. The van der Waals surface area contributed by atoms with Gasteiger partial charge in [0.05, 0.1) is 18.1 Å². The molecule has 1 atom stereocenters. The monoisotopic (exact) mass is 276 g/mol. The standard InChI is InChI=1S/C15H16O5/c1-4-19-14(18)12(16)11-9-7-5-6-8-10(9)13(17)20-15(11,2)3/h5-8,11H,4H2,1-3H3. The fourth-order valence-corrected chi connectivity index (χ4v) is 2.44. The summed E-state index contributed by atoms with van der Waals surface area (Å²) < 4.78 is 10.1. The number of carbonyl (C=O) groups excluding carboxylic acids is 3. The lowest BCUT2D eigenvalue weighted by atomic mass is 9.77. The summed E-state index contributed by atoms with van der Waals surface area (Å²) in [5.41, 5.74) is -0.267. The van der Waals surface area contributed by atoms with Crippen molar-refractivity contribution in [1.29, 1.82) is 0 Å². The van der Waals surface area contributed by atoms with Crippen molar-refractivity contribution in [2.24, 2.45) is 0 Å². The maximum absolute atomic E-state index is 12.3. The number of Topliss-reactive ketones (excluding diaryl/α,β-unsaturated/α-hetero) is 1. The molecular formula is C15H16O5. The number of fused-ring (bicyclic) bond motifs is 1. The fourth-order valence-electron chi connectivity index (χ4n) is 2.44. The maximum Gasteiger partial charge on any atom is 0.375 e. The van der Waals surface area contributed by atoms with Gasteiger partial charge in [-0.1, -0.05) is 18.2 Å². The first kappa shape index (κ1) is 14.2. The van der Waals surface area contributed by atoms with Gasteiger partial charge in [-0.05, 0) is 32.4 Å². The summed E-state index contributed by atoms with van der Waals surface area (Å²) in [5, 5.41) is 0. The molecule has 1 aromatic carbocycles. The van der Waals surface area contributed by atoms with Gasteiger partial charge < -0.3 is 9.47 Å². The number of ether oxygens (including phenoxy) is 2. The lowest BCUT2D eigenvalue weighted by Gasteiger charge is -2.37. The summed E-state index contributed by atoms with van der Waals surface area (Å²) in [7, 11) is 0. The number of benzene rings is 1. The Hall–Kier alpha value is -2.17. The van der Waals surface area contributed by atoms with E-state index in [4.69, 9.17) is 9.47 Å². The molecular weight excluding hydrogens is 260 g/mol. The molecule has 0 aliphatic carbocycles. The zero-order chi connectivity index (χ0) is 14.9. The second kappa shape index (κ2) is 5.07. The largest absolute Gasteiger partial charge is 0.460 e. The van der Waals surface area contributed by atoms with Gasteiger partial charge >= 0.3 is 11.9 Å². The average Bonchev–Trinajstić information content (AvgIpc) is 2.37. The van der Waals surface area contributed by atoms with E-state index < -0.39 is 29.2 Å². The van der Waals surface area contributed by atoms with E-state index >= 15 is 0 Å². The normalized spacial score (nSPS) is 19.8. The van der Waals surface area contributed by atoms with E-state index in [1.165, 1.54) is 0 Å². The van der Waals surface area contributed by atoms with Crippen LogP contribution in [0.2, 0.25) is 0 Å². The second-order valence-corrected chi connectivity index (χ2v) is 5.10. The summed E-state index contributed by atoms with van der Waals surface area (Å²) in [6, 6.07) is 6.65. The Kier molecular flexibility index (Phi) is 3.61. The van der Waals surface area contributed by atoms with Gasteiger partial charge in [0.15, 0.2) is 0 Å². The van der Waals surface area contributed by atoms with Crippen LogP contribution in [-0.4, -0.2) is 29.9 Å². The summed E-state index contributed by atoms with van der Waals surface area (Å²) in [6.45, 7) is 4.98. The zero-order valence-electron chi connectivity index (χ0n) is 11.6. The highest BCUT2D eigenvalue weighted by Gasteiger charge is 2.47. The van der Waals surface area contributed by atoms with E-state index in [2.05, 4.69) is 0 Å². The van der Waals surface area contributed by atoms with Gasteiger partial charge in [0.2, 0.25) is 0 Å². The zero-order valence-corrected chi connectivity index (χ0v) is 11.6. The highest BCUT2D eigenvalue weighted by Crippen LogP contribution is 2.39. The Morgan fingerprint density at radius 1 is 1.30 bits per heavy atom. The van der Waals surface area contributed by atoms with Crippen molar-refractivity contribution < 1.29 is 23.9 Å². The van der Waals surface area contributed by atoms with Gasteiger partial charge in [-0.2, -0.15) is 0 Å². The summed E-state index contributed by atoms with van der Waals surface area (Å²) in [5.74, 6) is -2.94. The van der Waals surface area contributed by atoms with Gasteiger partial charge in [-0.3, -0.25) is 4.79 Å². The van der Waals surface area contributed by atoms with Crippen LogP contribution < -0.4 is 0 Å². The molecule has 0 fully saturated rings. The molecule has 0 radical (unpaired) electrons. The molecule has 1 heterocycles. The number of hydrogen-bond donors (Lipinski definition) is 0. The van der Waals surface area contributed by atoms with Crippen molar-refractivity contribution in [2.45, 2.75) is 32.3 Å². The first-order valence-corrected chi connectivity index (χ1v) is 6.41. The molecule has 20 heavy (non-hydrogen) atoms. The molecule has 0 spiro atoms. The Labute approximate surface area is 116 Å². The van der Waals surface area contributed by atoms with E-state index in [0.29, 0.717) is 11.1 Å². The lowest BCUT2D eigenvalue weighted by Crippen LogP contribution is -2.46. The number of cyclic esters (lactones) is 1. The molecule has 5 heteroatoms. The van der Waals surface area contributed by atoms with Crippen LogP contribution in [0.15, 0.2) is 24.3 Å². The third-order valence-corrected chi connectivity index (χ3v) is 3.28. The summed E-state index contributed by atoms with van der Waals surface area (Å²) in [6.07, 6.45) is 0. The summed E-state index contributed by atoms with van der Waals surface area (Å²) >= 11 is 0. The third-order valence-electron chi connectivity index (χ3n) is 3.28. The van der Waals surface area contributed by atoms with Crippen molar-refractivity contribution in [3.63, 3.8) is 0 Å². The average molecular weight is 276 g/mol. The van der Waals surface area contributed by atoms with Crippen molar-refractivity contribution >= 4 is 17.7 Å². The van der Waals surface area contributed by atoms with Crippen LogP contribution in [0.25, 0.3) is 0 Å². The van der Waals surface area contributed by atoms with Crippen molar-refractivity contribution in [1.82, 2.24) is 0 Å². The van der Waals surface area contributed by atoms with E-state index in [9.17, 15) is 14.4 Å². The van der Waals surface area contributed by atoms with Crippen LogP contribution in [0, 0.1) is 0 Å². The van der Waals surface area contributed by atoms with Gasteiger partial charge in [0.25, 0.3) is 5.78 Å². The van der Waals surface area contributed by atoms with Crippen LogP contribution in [0.3, 0.4) is 0 Å². The van der Waals surface area contributed by atoms with E-state index in [0.717, 1.165) is 0 Å². The van der Waals surface area contributed by atoms with Crippen molar-refractivity contribution in [3.8, 4) is 0 Å². The highest BCUT2D eigenvalue weighted by atomic mass is 16.6. The molecule has 1 unspecified atom stereocenters. The molecule has 0 aromatic heterocycles. The van der Waals surface area contributed by atoms with Gasteiger partial charge in [-0.25, -0.2) is 9.59 Å². The minimum absolute atomic E-state index is 0.124. The van der Waals surface area contributed by atoms with Gasteiger partial charge in [0, 0.05) is 0 Å². The minimum Gasteiger partial charge on any atom is -0.460 e. The van der Waals surface area contributed by atoms with E-state index in [1.807, 2.05) is 0 Å². The van der Waals surface area contributed by atoms with E-state index in [1.54, 1.807) is 45.0 Å². The number of rotatable bonds is 3. The number of carbonyl (C=O) groups is 3. The molecule has 0 bridgehead atoms. The minimum atomic E-state index is -1.09. The first-order valence-electron chi connectivity index (χ1n) is 6.41. The predicted octanol–water partition coefficient (Wildman–Crippen LogP) is 1.85. The first-order chi connectivity index (χ1) is 9.38. The predicted molar refractivity (Wildman–Crippen MR) is 70.3 cm³/mol. The molecule has 0 N–H and O–H groups in total. The van der Waals surface area contributed by atoms with Crippen molar-refractivity contribution in [3.05, 3.63) is 35.4 Å². The lowest BCUT2D eigenvalue weighted by molar-refractivity contribution is -0.157. The van der Waals surface area contributed by atoms with Crippen LogP contribution >= 0.6 is 0 Å². The van der Waals surface area contributed by atoms with E-state index in [-0.39, 0.29) is 6.61 Å². The molecule has 5 nitrogen and oxygen atoms in total. The Morgan fingerprint density at radius 3 is 2.60 bits per heavy atom. The number of esters is 2. The second-order valence-electron chi connectivity index (χ2n) is 5.10. The molecule has 0 amide bonds. The summed E-state index contributed by atoms with van der Waals surface area (Å²) in [4.78, 5) is 35.9. The van der Waals surface area contributed by atoms with Crippen LogP contribution in [0.5, 0.6) is 0 Å². The Bertz CT molecular complexity index is 573. The molecule has 0 saturated carbocycles. The number of hydrogen-bond acceptors (Lipinski definition) is 5. The maximum atomic E-state index is 12.3. The molecule has 1 aromatic rings. The molecule has 0 saturated heterocycles. The topological polar surface area (TPSA) is 69.7 Å². The quantitative estimate of drug-likeness (QED) is 0.622. The molecule has 106 valence electrons. The number of ketones is 1. The molecule has 1 aliphatic heterocycles. The fraction of sp³-hybridized carbons (Fsp3) is 0.400. The molecule has 2 rings (SSSR count). The van der Waals surface area contributed by atoms with Crippen LogP contribution in [0.4, 0.5) is 0 Å². The Balaban J connectivity index is 2.49. The SMILES string of the molecule is CCOC(=O)C(=O)C1c2ccccc2C(=O)OC1(C)C. The van der Waals surface area contributed by atoms with Crippen LogP contribution in [-0.2, 0) is 19.1 Å². The van der Waals surface area contributed by atoms with Crippen LogP contribution in [0.1, 0.15) is 42.6 Å². The van der Waals surface area contributed by atoms with Crippen molar-refractivity contribution in [2.75, 3.05) is 6.61 Å². The van der Waals surface area contributed by atoms with Gasteiger partial charge in [-0.15, -0.1) is 0 Å².